The molecule has 172 valence electrons. The van der Waals surface area contributed by atoms with Gasteiger partial charge in [-0.25, -0.2) is 0 Å². The minimum absolute atomic E-state index is 0.116. The Morgan fingerprint density at radius 2 is 1.42 bits per heavy atom. The van der Waals surface area contributed by atoms with Crippen LogP contribution >= 0.6 is 0 Å². The van der Waals surface area contributed by atoms with Gasteiger partial charge in [-0.2, -0.15) is 0 Å². The van der Waals surface area contributed by atoms with Crippen molar-refractivity contribution in [2.24, 2.45) is 0 Å². The SMILES string of the molecule is COc1ccc(C(=O)Nc2ccc(C(C)(C)CNC(=O)c3ccc(O)cc3)cc2)cc1OC. The molecule has 7 nitrogen and oxygen atoms in total. The number of phenols is 1. The Bertz CT molecular complexity index is 1120. The second kappa shape index (κ2) is 10.1. The number of carbonyl (C=O) groups is 2. The lowest BCUT2D eigenvalue weighted by Crippen LogP contribution is -2.36. The van der Waals surface area contributed by atoms with Gasteiger partial charge in [0.15, 0.2) is 11.5 Å². The van der Waals surface area contributed by atoms with Gasteiger partial charge in [-0.1, -0.05) is 26.0 Å². The number of ether oxygens (including phenoxy) is 2. The number of carbonyl (C=O) groups excluding carboxylic acids is 2. The highest BCUT2D eigenvalue weighted by molar-refractivity contribution is 6.04. The summed E-state index contributed by atoms with van der Waals surface area (Å²) in [4.78, 5) is 25.0. The third kappa shape index (κ3) is 5.83. The maximum atomic E-state index is 12.6. The lowest BCUT2D eigenvalue weighted by atomic mass is 9.84. The van der Waals surface area contributed by atoms with Crippen molar-refractivity contribution in [2.75, 3.05) is 26.1 Å². The van der Waals surface area contributed by atoms with Crippen LogP contribution in [0.1, 0.15) is 40.1 Å². The molecule has 3 N–H and O–H groups in total. The summed E-state index contributed by atoms with van der Waals surface area (Å²) in [6.45, 7) is 4.48. The molecule has 0 saturated carbocycles. The van der Waals surface area contributed by atoms with E-state index in [1.165, 1.54) is 19.2 Å². The summed E-state index contributed by atoms with van der Waals surface area (Å²) in [5.74, 6) is 0.686. The second-order valence-corrected chi connectivity index (χ2v) is 8.21. The van der Waals surface area contributed by atoms with Crippen LogP contribution in [-0.2, 0) is 5.41 Å². The van der Waals surface area contributed by atoms with Crippen molar-refractivity contribution in [3.63, 3.8) is 0 Å². The highest BCUT2D eigenvalue weighted by Crippen LogP contribution is 2.28. The third-order valence-electron chi connectivity index (χ3n) is 5.39. The van der Waals surface area contributed by atoms with Crippen LogP contribution in [0.15, 0.2) is 66.7 Å². The molecule has 0 bridgehead atoms. The molecule has 0 aliphatic rings. The smallest absolute Gasteiger partial charge is 0.255 e. The zero-order chi connectivity index (χ0) is 24.0. The van der Waals surface area contributed by atoms with Gasteiger partial charge in [-0.3, -0.25) is 9.59 Å². The van der Waals surface area contributed by atoms with E-state index >= 15 is 0 Å². The van der Waals surface area contributed by atoms with Crippen molar-refractivity contribution in [1.82, 2.24) is 5.32 Å². The van der Waals surface area contributed by atoms with E-state index in [0.717, 1.165) is 5.56 Å². The summed E-state index contributed by atoms with van der Waals surface area (Å²) in [7, 11) is 3.06. The van der Waals surface area contributed by atoms with Crippen molar-refractivity contribution in [2.45, 2.75) is 19.3 Å². The van der Waals surface area contributed by atoms with Crippen LogP contribution in [0.4, 0.5) is 5.69 Å². The normalized spacial score (nSPS) is 10.9. The summed E-state index contributed by atoms with van der Waals surface area (Å²) in [6.07, 6.45) is 0. The molecule has 0 aliphatic heterocycles. The van der Waals surface area contributed by atoms with Crippen LogP contribution < -0.4 is 20.1 Å². The van der Waals surface area contributed by atoms with Gasteiger partial charge in [-0.05, 0) is 60.2 Å². The summed E-state index contributed by atoms with van der Waals surface area (Å²) >= 11 is 0. The number of amides is 2. The Morgan fingerprint density at radius 1 is 0.818 bits per heavy atom. The van der Waals surface area contributed by atoms with Crippen molar-refractivity contribution in [3.05, 3.63) is 83.4 Å². The number of methoxy groups -OCH3 is 2. The molecule has 0 unspecified atom stereocenters. The molecular weight excluding hydrogens is 420 g/mol. The van der Waals surface area contributed by atoms with Crippen LogP contribution in [0.25, 0.3) is 0 Å². The van der Waals surface area contributed by atoms with Gasteiger partial charge in [0.05, 0.1) is 14.2 Å². The fourth-order valence-corrected chi connectivity index (χ4v) is 3.30. The van der Waals surface area contributed by atoms with Crippen molar-refractivity contribution in [1.29, 1.82) is 0 Å². The van der Waals surface area contributed by atoms with Crippen molar-refractivity contribution < 1.29 is 24.2 Å². The van der Waals surface area contributed by atoms with Crippen LogP contribution in [0.3, 0.4) is 0 Å². The quantitative estimate of drug-likeness (QED) is 0.476. The Balaban J connectivity index is 1.63. The Labute approximate surface area is 193 Å². The molecule has 33 heavy (non-hydrogen) atoms. The first-order valence-electron chi connectivity index (χ1n) is 10.4. The topological polar surface area (TPSA) is 96.9 Å². The van der Waals surface area contributed by atoms with Crippen molar-refractivity contribution in [3.8, 4) is 17.2 Å². The van der Waals surface area contributed by atoms with E-state index in [1.807, 2.05) is 38.1 Å². The predicted molar refractivity (Wildman–Crippen MR) is 127 cm³/mol. The lowest BCUT2D eigenvalue weighted by molar-refractivity contribution is 0.0945. The molecule has 2 amide bonds. The number of phenolic OH excluding ortho intramolecular Hbond substituents is 1. The molecule has 0 spiro atoms. The number of nitrogens with one attached hydrogen (secondary N) is 2. The molecule has 0 radical (unpaired) electrons. The molecular formula is C26H28N2O5. The van der Waals surface area contributed by atoms with E-state index < -0.39 is 0 Å². The maximum Gasteiger partial charge on any atom is 0.255 e. The number of aromatic hydroxyl groups is 1. The zero-order valence-corrected chi connectivity index (χ0v) is 19.1. The standard InChI is InChI=1S/C26H28N2O5/c1-26(2,16-27-24(30)17-5-12-21(29)13-6-17)19-8-10-20(11-9-19)28-25(31)18-7-14-22(32-3)23(15-18)33-4/h5-15,29H,16H2,1-4H3,(H,27,30)(H,28,31). The molecule has 0 atom stereocenters. The first-order valence-corrected chi connectivity index (χ1v) is 10.4. The van der Waals surface area contributed by atoms with Gasteiger partial charge in [0.2, 0.25) is 0 Å². The number of hydrogen-bond donors (Lipinski definition) is 3. The van der Waals surface area contributed by atoms with Gasteiger partial charge in [0.1, 0.15) is 5.75 Å². The molecule has 0 aliphatic carbocycles. The van der Waals surface area contributed by atoms with Crippen LogP contribution in [-0.4, -0.2) is 37.7 Å². The molecule has 0 aromatic heterocycles. The largest absolute Gasteiger partial charge is 0.508 e. The van der Waals surface area contributed by atoms with E-state index in [2.05, 4.69) is 10.6 Å². The first-order chi connectivity index (χ1) is 15.7. The first kappa shape index (κ1) is 23.7. The van der Waals surface area contributed by atoms with Gasteiger partial charge >= 0.3 is 0 Å². The van der Waals surface area contributed by atoms with E-state index in [4.69, 9.17) is 9.47 Å². The third-order valence-corrected chi connectivity index (χ3v) is 5.39. The average molecular weight is 449 g/mol. The van der Waals surface area contributed by atoms with Gasteiger partial charge < -0.3 is 25.2 Å². The minimum atomic E-state index is -0.335. The monoisotopic (exact) mass is 448 g/mol. The molecule has 0 fully saturated rings. The molecule has 3 aromatic rings. The molecule has 0 heterocycles. The Kier molecular flexibility index (Phi) is 7.23. The van der Waals surface area contributed by atoms with E-state index in [1.54, 1.807) is 37.4 Å². The number of anilines is 1. The highest BCUT2D eigenvalue weighted by Gasteiger charge is 2.22. The van der Waals surface area contributed by atoms with Crippen LogP contribution in [0, 0.1) is 0 Å². The summed E-state index contributed by atoms with van der Waals surface area (Å²) in [5.41, 5.74) is 2.27. The van der Waals surface area contributed by atoms with E-state index in [-0.39, 0.29) is 23.0 Å². The van der Waals surface area contributed by atoms with Crippen LogP contribution in [0.2, 0.25) is 0 Å². The van der Waals surface area contributed by atoms with Gasteiger partial charge in [-0.15, -0.1) is 0 Å². The van der Waals surface area contributed by atoms with E-state index in [0.29, 0.717) is 34.9 Å². The zero-order valence-electron chi connectivity index (χ0n) is 19.1. The maximum absolute atomic E-state index is 12.6. The summed E-state index contributed by atoms with van der Waals surface area (Å²) in [6, 6.07) is 18.6. The van der Waals surface area contributed by atoms with Gasteiger partial charge in [0, 0.05) is 28.8 Å². The average Bonchev–Trinajstić information content (AvgIpc) is 2.82. The lowest BCUT2D eigenvalue weighted by Gasteiger charge is -2.26. The molecule has 0 saturated heterocycles. The van der Waals surface area contributed by atoms with Crippen LogP contribution in [0.5, 0.6) is 17.2 Å². The van der Waals surface area contributed by atoms with Gasteiger partial charge in [0.25, 0.3) is 11.8 Å². The number of hydrogen-bond acceptors (Lipinski definition) is 5. The summed E-state index contributed by atoms with van der Waals surface area (Å²) < 4.78 is 10.5. The molecule has 3 aromatic carbocycles. The minimum Gasteiger partial charge on any atom is -0.508 e. The number of benzene rings is 3. The van der Waals surface area contributed by atoms with E-state index in [9.17, 15) is 14.7 Å². The molecule has 7 heteroatoms. The highest BCUT2D eigenvalue weighted by atomic mass is 16.5. The fourth-order valence-electron chi connectivity index (χ4n) is 3.30. The fraction of sp³-hybridized carbons (Fsp3) is 0.231. The molecule has 3 rings (SSSR count). The summed E-state index contributed by atoms with van der Waals surface area (Å²) in [5, 5.41) is 15.2. The second-order valence-electron chi connectivity index (χ2n) is 8.21. The number of rotatable bonds is 8. The predicted octanol–water partition coefficient (Wildman–Crippen LogP) is 4.37. The Morgan fingerprint density at radius 3 is 2.03 bits per heavy atom. The van der Waals surface area contributed by atoms with Crippen molar-refractivity contribution >= 4 is 17.5 Å². The Hall–Kier alpha value is -4.00.